The third-order valence-electron chi connectivity index (χ3n) is 3.60. The molecule has 0 spiro atoms. The summed E-state index contributed by atoms with van der Waals surface area (Å²) in [6.07, 6.45) is 0.988. The van der Waals surface area contributed by atoms with E-state index in [4.69, 9.17) is 14.2 Å². The Kier molecular flexibility index (Phi) is 8.15. The summed E-state index contributed by atoms with van der Waals surface area (Å²) >= 11 is 0. The van der Waals surface area contributed by atoms with Crippen LogP contribution in [0.4, 0.5) is 0 Å². The molecular formula is C20H27NO3. The lowest BCUT2D eigenvalue weighted by molar-refractivity contribution is 0.194. The van der Waals surface area contributed by atoms with Crippen molar-refractivity contribution in [1.82, 2.24) is 5.32 Å². The summed E-state index contributed by atoms with van der Waals surface area (Å²) in [6.45, 7) is 5.55. The molecule has 0 amide bonds. The van der Waals surface area contributed by atoms with Gasteiger partial charge in [-0.3, -0.25) is 0 Å². The molecule has 0 aliphatic carbocycles. The van der Waals surface area contributed by atoms with Crippen molar-refractivity contribution in [2.24, 2.45) is 0 Å². The molecule has 0 saturated heterocycles. The van der Waals surface area contributed by atoms with Crippen molar-refractivity contribution in [3.8, 4) is 11.5 Å². The van der Waals surface area contributed by atoms with Crippen LogP contribution in [-0.2, 0) is 17.9 Å². The molecule has 0 fully saturated rings. The molecule has 2 aromatic carbocycles. The molecule has 0 bridgehead atoms. The lowest BCUT2D eigenvalue weighted by Gasteiger charge is -2.16. The normalized spacial score (nSPS) is 10.6. The maximum atomic E-state index is 6.10. The minimum atomic E-state index is 0.529. The van der Waals surface area contributed by atoms with Gasteiger partial charge in [-0.1, -0.05) is 42.5 Å². The predicted octanol–water partition coefficient (Wildman–Crippen LogP) is 3.79. The number of benzene rings is 2. The molecule has 4 nitrogen and oxygen atoms in total. The second kappa shape index (κ2) is 10.7. The molecule has 24 heavy (non-hydrogen) atoms. The Hall–Kier alpha value is -2.04. The van der Waals surface area contributed by atoms with E-state index in [9.17, 15) is 0 Å². The van der Waals surface area contributed by atoms with Crippen LogP contribution < -0.4 is 14.8 Å². The first-order chi connectivity index (χ1) is 11.8. The van der Waals surface area contributed by atoms with Crippen LogP contribution in [0.1, 0.15) is 24.5 Å². The van der Waals surface area contributed by atoms with Crippen molar-refractivity contribution in [3.63, 3.8) is 0 Å². The topological polar surface area (TPSA) is 39.7 Å². The van der Waals surface area contributed by atoms with Crippen molar-refractivity contribution in [2.75, 3.05) is 26.9 Å². The number of rotatable bonds is 11. The Bertz CT molecular complexity index is 587. The largest absolute Gasteiger partial charge is 0.490 e. The zero-order valence-corrected chi connectivity index (χ0v) is 14.6. The first-order valence-corrected chi connectivity index (χ1v) is 8.46. The minimum absolute atomic E-state index is 0.529. The molecule has 0 unspecified atom stereocenters. The number of para-hydroxylation sites is 1. The highest BCUT2D eigenvalue weighted by atomic mass is 16.5. The standard InChI is InChI=1S/C20H27NO3/c1-3-23-19-12-7-11-18(15-21-13-8-14-22-2)20(19)24-16-17-9-5-4-6-10-17/h4-7,9-12,21H,3,8,13-16H2,1-2H3. The molecule has 130 valence electrons. The predicted molar refractivity (Wildman–Crippen MR) is 96.6 cm³/mol. The van der Waals surface area contributed by atoms with E-state index in [1.165, 1.54) is 0 Å². The fourth-order valence-electron chi connectivity index (χ4n) is 2.43. The maximum absolute atomic E-state index is 6.10. The van der Waals surface area contributed by atoms with Crippen LogP contribution >= 0.6 is 0 Å². The van der Waals surface area contributed by atoms with Gasteiger partial charge in [-0.25, -0.2) is 0 Å². The molecule has 4 heteroatoms. The second-order valence-corrected chi connectivity index (χ2v) is 5.47. The van der Waals surface area contributed by atoms with Gasteiger partial charge in [-0.05, 0) is 31.5 Å². The second-order valence-electron chi connectivity index (χ2n) is 5.47. The Morgan fingerprint density at radius 1 is 0.958 bits per heavy atom. The summed E-state index contributed by atoms with van der Waals surface area (Å²) in [4.78, 5) is 0. The van der Waals surface area contributed by atoms with E-state index in [1.54, 1.807) is 7.11 Å². The SMILES string of the molecule is CCOc1cccc(CNCCCOC)c1OCc1ccccc1. The zero-order chi connectivity index (χ0) is 17.0. The van der Waals surface area contributed by atoms with Gasteiger partial charge in [0.1, 0.15) is 6.61 Å². The highest BCUT2D eigenvalue weighted by Crippen LogP contribution is 2.32. The number of ether oxygens (including phenoxy) is 3. The smallest absolute Gasteiger partial charge is 0.166 e. The summed E-state index contributed by atoms with van der Waals surface area (Å²) in [5.41, 5.74) is 2.25. The van der Waals surface area contributed by atoms with Crippen LogP contribution in [0.2, 0.25) is 0 Å². The molecule has 0 saturated carbocycles. The minimum Gasteiger partial charge on any atom is -0.490 e. The Balaban J connectivity index is 2.03. The lowest BCUT2D eigenvalue weighted by atomic mass is 10.1. The Morgan fingerprint density at radius 3 is 2.54 bits per heavy atom. The summed E-state index contributed by atoms with van der Waals surface area (Å²) in [5.74, 6) is 1.62. The molecule has 0 aromatic heterocycles. The number of nitrogens with one attached hydrogen (secondary N) is 1. The summed E-state index contributed by atoms with van der Waals surface area (Å²) in [7, 11) is 1.72. The fourth-order valence-corrected chi connectivity index (χ4v) is 2.43. The average Bonchev–Trinajstić information content (AvgIpc) is 2.62. The van der Waals surface area contributed by atoms with Gasteiger partial charge in [0.25, 0.3) is 0 Å². The number of hydrogen-bond donors (Lipinski definition) is 1. The molecule has 2 aromatic rings. The van der Waals surface area contributed by atoms with Crippen molar-refractivity contribution in [3.05, 3.63) is 59.7 Å². The lowest BCUT2D eigenvalue weighted by Crippen LogP contribution is -2.17. The van der Waals surface area contributed by atoms with Gasteiger partial charge in [0, 0.05) is 25.8 Å². The van der Waals surface area contributed by atoms with Crippen LogP contribution in [0, 0.1) is 0 Å². The van der Waals surface area contributed by atoms with E-state index in [0.29, 0.717) is 13.2 Å². The quantitative estimate of drug-likeness (QED) is 0.637. The highest BCUT2D eigenvalue weighted by molar-refractivity contribution is 5.46. The van der Waals surface area contributed by atoms with Crippen LogP contribution in [0.15, 0.2) is 48.5 Å². The molecule has 0 heterocycles. The first kappa shape index (κ1) is 18.3. The first-order valence-electron chi connectivity index (χ1n) is 8.46. The van der Waals surface area contributed by atoms with E-state index in [0.717, 1.165) is 48.7 Å². The molecule has 2 rings (SSSR count). The van der Waals surface area contributed by atoms with Crippen molar-refractivity contribution >= 4 is 0 Å². The average molecular weight is 329 g/mol. The van der Waals surface area contributed by atoms with Gasteiger partial charge in [0.05, 0.1) is 6.61 Å². The van der Waals surface area contributed by atoms with Crippen LogP contribution in [0.25, 0.3) is 0 Å². The van der Waals surface area contributed by atoms with Gasteiger partial charge in [0.15, 0.2) is 11.5 Å². The Morgan fingerprint density at radius 2 is 1.79 bits per heavy atom. The molecule has 1 N–H and O–H groups in total. The van der Waals surface area contributed by atoms with Gasteiger partial charge in [-0.15, -0.1) is 0 Å². The van der Waals surface area contributed by atoms with E-state index in [2.05, 4.69) is 23.5 Å². The van der Waals surface area contributed by atoms with E-state index < -0.39 is 0 Å². The van der Waals surface area contributed by atoms with Crippen molar-refractivity contribution in [1.29, 1.82) is 0 Å². The third-order valence-corrected chi connectivity index (χ3v) is 3.60. The van der Waals surface area contributed by atoms with E-state index in [-0.39, 0.29) is 0 Å². The van der Waals surface area contributed by atoms with E-state index >= 15 is 0 Å². The fraction of sp³-hybridized carbons (Fsp3) is 0.400. The summed E-state index contributed by atoms with van der Waals surface area (Å²) in [5, 5.41) is 3.43. The molecule has 0 radical (unpaired) electrons. The zero-order valence-electron chi connectivity index (χ0n) is 14.6. The molecule has 0 atom stereocenters. The van der Waals surface area contributed by atoms with Crippen LogP contribution in [0.3, 0.4) is 0 Å². The molecular weight excluding hydrogens is 302 g/mol. The van der Waals surface area contributed by atoms with Gasteiger partial charge in [0.2, 0.25) is 0 Å². The van der Waals surface area contributed by atoms with Crippen molar-refractivity contribution in [2.45, 2.75) is 26.5 Å². The maximum Gasteiger partial charge on any atom is 0.166 e. The third kappa shape index (κ3) is 5.87. The number of methoxy groups -OCH3 is 1. The monoisotopic (exact) mass is 329 g/mol. The van der Waals surface area contributed by atoms with E-state index in [1.807, 2.05) is 37.3 Å². The molecule has 0 aliphatic heterocycles. The van der Waals surface area contributed by atoms with Crippen LogP contribution in [0.5, 0.6) is 11.5 Å². The van der Waals surface area contributed by atoms with Crippen LogP contribution in [-0.4, -0.2) is 26.9 Å². The van der Waals surface area contributed by atoms with Gasteiger partial charge in [-0.2, -0.15) is 0 Å². The van der Waals surface area contributed by atoms with Crippen molar-refractivity contribution < 1.29 is 14.2 Å². The van der Waals surface area contributed by atoms with Gasteiger partial charge < -0.3 is 19.5 Å². The Labute approximate surface area is 144 Å². The van der Waals surface area contributed by atoms with Gasteiger partial charge >= 0.3 is 0 Å². The highest BCUT2D eigenvalue weighted by Gasteiger charge is 2.11. The molecule has 0 aliphatic rings. The number of hydrogen-bond acceptors (Lipinski definition) is 4. The summed E-state index contributed by atoms with van der Waals surface area (Å²) in [6, 6.07) is 16.2. The summed E-state index contributed by atoms with van der Waals surface area (Å²) < 4.78 is 16.9.